The number of aryl methyl sites for hydroxylation is 1. The molecular formula is C52H34N4O. The normalized spacial score (nSPS) is 11.6. The molecule has 0 radical (unpaired) electrons. The highest BCUT2D eigenvalue weighted by molar-refractivity contribution is 6.11. The van der Waals surface area contributed by atoms with Gasteiger partial charge in [-0.15, -0.1) is 0 Å². The van der Waals surface area contributed by atoms with Gasteiger partial charge < -0.3 is 8.98 Å². The monoisotopic (exact) mass is 730 g/mol. The van der Waals surface area contributed by atoms with Gasteiger partial charge in [0, 0.05) is 38.2 Å². The molecule has 0 aliphatic carbocycles. The Morgan fingerprint density at radius 3 is 1.67 bits per heavy atom. The molecule has 268 valence electrons. The summed E-state index contributed by atoms with van der Waals surface area (Å²) in [6, 6.07) is 65.7. The van der Waals surface area contributed by atoms with Gasteiger partial charge in [0.15, 0.2) is 17.5 Å². The molecule has 0 amide bonds. The van der Waals surface area contributed by atoms with E-state index in [0.29, 0.717) is 17.5 Å². The van der Waals surface area contributed by atoms with Gasteiger partial charge in [-0.3, -0.25) is 0 Å². The zero-order valence-electron chi connectivity index (χ0n) is 31.1. The van der Waals surface area contributed by atoms with Gasteiger partial charge in [-0.25, -0.2) is 15.0 Å². The van der Waals surface area contributed by atoms with Crippen molar-refractivity contribution in [1.29, 1.82) is 0 Å². The van der Waals surface area contributed by atoms with Crippen LogP contribution < -0.4 is 0 Å². The molecule has 0 fully saturated rings. The molecule has 5 nitrogen and oxygen atoms in total. The van der Waals surface area contributed by atoms with Crippen molar-refractivity contribution in [3.05, 3.63) is 194 Å². The van der Waals surface area contributed by atoms with Gasteiger partial charge in [-0.2, -0.15) is 0 Å². The summed E-state index contributed by atoms with van der Waals surface area (Å²) < 4.78 is 8.73. The molecule has 57 heavy (non-hydrogen) atoms. The Labute approximate surface area is 329 Å². The van der Waals surface area contributed by atoms with Crippen LogP contribution >= 0.6 is 0 Å². The maximum atomic E-state index is 6.36. The van der Waals surface area contributed by atoms with Crippen molar-refractivity contribution in [2.75, 3.05) is 0 Å². The Balaban J connectivity index is 1.20. The standard InChI is InChI=1S/C52H34N4O/c1-33-13-12-18-36(29-33)38-23-26-41-40-19-8-10-21-45(40)56(47(41)31-38)46-28-25-37(39-24-27-43-42-20-9-11-22-48(42)57-49(43)32-39)30-44(46)52-54-50(34-14-4-2-5-15-34)53-51(55-52)35-16-6-3-7-17-35/h2-32H,1H3. The molecule has 3 heterocycles. The van der Waals surface area contributed by atoms with Crippen LogP contribution in [-0.4, -0.2) is 19.5 Å². The molecule has 0 aliphatic rings. The summed E-state index contributed by atoms with van der Waals surface area (Å²) >= 11 is 0. The largest absolute Gasteiger partial charge is 0.456 e. The molecule has 0 saturated carbocycles. The summed E-state index contributed by atoms with van der Waals surface area (Å²) in [5, 5.41) is 4.56. The summed E-state index contributed by atoms with van der Waals surface area (Å²) in [5.74, 6) is 1.82. The van der Waals surface area contributed by atoms with Crippen molar-refractivity contribution >= 4 is 43.7 Å². The maximum absolute atomic E-state index is 6.36. The number of benzene rings is 8. The van der Waals surface area contributed by atoms with Crippen LogP contribution in [0, 0.1) is 6.92 Å². The van der Waals surface area contributed by atoms with Crippen molar-refractivity contribution in [2.24, 2.45) is 0 Å². The van der Waals surface area contributed by atoms with Gasteiger partial charge in [0.25, 0.3) is 0 Å². The van der Waals surface area contributed by atoms with E-state index in [1.165, 1.54) is 21.9 Å². The first-order valence-electron chi connectivity index (χ1n) is 19.2. The highest BCUT2D eigenvalue weighted by atomic mass is 16.3. The van der Waals surface area contributed by atoms with Crippen LogP contribution in [-0.2, 0) is 0 Å². The molecule has 0 saturated heterocycles. The van der Waals surface area contributed by atoms with Gasteiger partial charge in [0.05, 0.1) is 16.7 Å². The molecule has 5 heteroatoms. The number of fused-ring (bicyclic) bond motifs is 6. The fourth-order valence-electron chi connectivity index (χ4n) is 8.16. The van der Waals surface area contributed by atoms with Crippen molar-refractivity contribution in [3.8, 4) is 62.1 Å². The zero-order valence-corrected chi connectivity index (χ0v) is 31.1. The highest BCUT2D eigenvalue weighted by Crippen LogP contribution is 2.40. The van der Waals surface area contributed by atoms with Crippen molar-refractivity contribution in [2.45, 2.75) is 6.92 Å². The Bertz CT molecular complexity index is 3250. The zero-order chi connectivity index (χ0) is 37.9. The second-order valence-corrected chi connectivity index (χ2v) is 14.5. The molecule has 0 bridgehead atoms. The molecular weight excluding hydrogens is 697 g/mol. The Kier molecular flexibility index (Phi) is 7.64. The van der Waals surface area contributed by atoms with Crippen LogP contribution in [0.15, 0.2) is 192 Å². The van der Waals surface area contributed by atoms with Crippen molar-refractivity contribution < 1.29 is 4.42 Å². The molecule has 0 spiro atoms. The number of furan rings is 1. The van der Waals surface area contributed by atoms with E-state index in [1.54, 1.807) is 0 Å². The number of nitrogens with zero attached hydrogens (tertiary/aromatic N) is 4. The fraction of sp³-hybridized carbons (Fsp3) is 0.0192. The quantitative estimate of drug-likeness (QED) is 0.171. The van der Waals surface area contributed by atoms with E-state index < -0.39 is 0 Å². The Hall–Kier alpha value is -7.63. The number of hydrogen-bond acceptors (Lipinski definition) is 4. The lowest BCUT2D eigenvalue weighted by atomic mass is 9.99. The van der Waals surface area contributed by atoms with E-state index in [-0.39, 0.29) is 0 Å². The lowest BCUT2D eigenvalue weighted by molar-refractivity contribution is 0.669. The molecule has 0 aliphatic heterocycles. The van der Waals surface area contributed by atoms with E-state index in [0.717, 1.165) is 72.0 Å². The number of hydrogen-bond donors (Lipinski definition) is 0. The van der Waals surface area contributed by atoms with E-state index >= 15 is 0 Å². The smallest absolute Gasteiger partial charge is 0.166 e. The Morgan fingerprint density at radius 1 is 0.368 bits per heavy atom. The first-order chi connectivity index (χ1) is 28.1. The van der Waals surface area contributed by atoms with Crippen molar-refractivity contribution in [3.63, 3.8) is 0 Å². The highest BCUT2D eigenvalue weighted by Gasteiger charge is 2.21. The predicted molar refractivity (Wildman–Crippen MR) is 233 cm³/mol. The third-order valence-electron chi connectivity index (χ3n) is 10.9. The summed E-state index contributed by atoms with van der Waals surface area (Å²) in [4.78, 5) is 15.6. The third kappa shape index (κ3) is 5.68. The van der Waals surface area contributed by atoms with Crippen LogP contribution in [0.4, 0.5) is 0 Å². The minimum atomic E-state index is 0.588. The summed E-state index contributed by atoms with van der Waals surface area (Å²) in [7, 11) is 0. The minimum absolute atomic E-state index is 0.588. The lowest BCUT2D eigenvalue weighted by Gasteiger charge is -2.16. The lowest BCUT2D eigenvalue weighted by Crippen LogP contribution is -2.04. The first kappa shape index (κ1) is 32.8. The second kappa shape index (κ2) is 13.3. The molecule has 11 aromatic rings. The number of rotatable bonds is 6. The third-order valence-corrected chi connectivity index (χ3v) is 10.9. The van der Waals surface area contributed by atoms with Gasteiger partial charge in [-0.1, -0.05) is 151 Å². The molecule has 0 N–H and O–H groups in total. The van der Waals surface area contributed by atoms with E-state index in [2.05, 4.69) is 127 Å². The molecule has 0 unspecified atom stereocenters. The summed E-state index contributed by atoms with van der Waals surface area (Å²) in [6.07, 6.45) is 0. The van der Waals surface area contributed by atoms with E-state index in [9.17, 15) is 0 Å². The van der Waals surface area contributed by atoms with Gasteiger partial charge in [-0.05, 0) is 71.6 Å². The van der Waals surface area contributed by atoms with E-state index in [1.807, 2.05) is 72.8 Å². The predicted octanol–water partition coefficient (Wildman–Crippen LogP) is 13.5. The SMILES string of the molecule is Cc1cccc(-c2ccc3c4ccccc4n(-c4ccc(-c5ccc6c(c5)oc5ccccc56)cc4-c4nc(-c5ccccc5)nc(-c5ccccc5)n4)c3c2)c1. The van der Waals surface area contributed by atoms with Crippen molar-refractivity contribution in [1.82, 2.24) is 19.5 Å². The van der Waals surface area contributed by atoms with Gasteiger partial charge in [0.1, 0.15) is 11.2 Å². The average molecular weight is 731 g/mol. The van der Waals surface area contributed by atoms with E-state index in [4.69, 9.17) is 19.4 Å². The first-order valence-corrected chi connectivity index (χ1v) is 19.2. The molecule has 8 aromatic carbocycles. The topological polar surface area (TPSA) is 56.7 Å². The van der Waals surface area contributed by atoms with Crippen LogP contribution in [0.25, 0.3) is 106 Å². The van der Waals surface area contributed by atoms with Crippen LogP contribution in [0.2, 0.25) is 0 Å². The fourth-order valence-corrected chi connectivity index (χ4v) is 8.16. The number of para-hydroxylation sites is 2. The van der Waals surface area contributed by atoms with Gasteiger partial charge >= 0.3 is 0 Å². The van der Waals surface area contributed by atoms with Crippen LogP contribution in [0.5, 0.6) is 0 Å². The maximum Gasteiger partial charge on any atom is 0.166 e. The Morgan fingerprint density at radius 2 is 0.912 bits per heavy atom. The summed E-state index contributed by atoms with van der Waals surface area (Å²) in [6.45, 7) is 2.14. The number of aromatic nitrogens is 4. The van der Waals surface area contributed by atoms with Crippen LogP contribution in [0.3, 0.4) is 0 Å². The average Bonchev–Trinajstić information content (AvgIpc) is 3.81. The second-order valence-electron chi connectivity index (χ2n) is 14.5. The minimum Gasteiger partial charge on any atom is -0.456 e. The molecule has 0 atom stereocenters. The summed E-state index contributed by atoms with van der Waals surface area (Å²) in [5.41, 5.74) is 13.3. The molecule has 11 rings (SSSR count). The van der Waals surface area contributed by atoms with Gasteiger partial charge in [0.2, 0.25) is 0 Å². The van der Waals surface area contributed by atoms with Crippen LogP contribution in [0.1, 0.15) is 5.56 Å². The molecule has 3 aromatic heterocycles.